The summed E-state index contributed by atoms with van der Waals surface area (Å²) in [6.45, 7) is 0.986. The van der Waals surface area contributed by atoms with Gasteiger partial charge in [0.25, 0.3) is 0 Å². The molecule has 0 saturated heterocycles. The second-order valence-corrected chi connectivity index (χ2v) is 7.47. The first kappa shape index (κ1) is 16.7. The van der Waals surface area contributed by atoms with Gasteiger partial charge in [-0.1, -0.05) is 30.3 Å². The number of carbonyl (C=O) groups excluding carboxylic acids is 1. The molecule has 2 amide bonds. The highest BCUT2D eigenvalue weighted by Crippen LogP contribution is 2.22. The third-order valence-corrected chi connectivity index (χ3v) is 5.26. The van der Waals surface area contributed by atoms with Gasteiger partial charge in [-0.3, -0.25) is 4.21 Å². The van der Waals surface area contributed by atoms with E-state index in [1.807, 2.05) is 24.3 Å². The van der Waals surface area contributed by atoms with Crippen LogP contribution in [0, 0.1) is 0 Å². The van der Waals surface area contributed by atoms with Gasteiger partial charge in [0, 0.05) is 35.0 Å². The maximum Gasteiger partial charge on any atom is 0.315 e. The number of hydrogen-bond donors (Lipinski definition) is 2. The molecule has 1 aliphatic rings. The topological polar surface area (TPSA) is 58.2 Å². The number of amides is 2. The van der Waals surface area contributed by atoms with E-state index in [0.29, 0.717) is 13.1 Å². The Morgan fingerprint density at radius 1 is 0.958 bits per heavy atom. The molecule has 0 fully saturated rings. The first-order chi connectivity index (χ1) is 11.6. The Bertz CT molecular complexity index is 756. The second-order valence-electron chi connectivity index (χ2n) is 6.09. The summed E-state index contributed by atoms with van der Waals surface area (Å²) in [6.07, 6.45) is 5.21. The van der Waals surface area contributed by atoms with Crippen molar-refractivity contribution >= 4 is 16.8 Å². The third-order valence-electron chi connectivity index (χ3n) is 4.32. The van der Waals surface area contributed by atoms with Crippen LogP contribution in [0.3, 0.4) is 0 Å². The summed E-state index contributed by atoms with van der Waals surface area (Å²) in [4.78, 5) is 12.7. The van der Waals surface area contributed by atoms with Crippen LogP contribution in [-0.2, 0) is 36.7 Å². The fraction of sp³-hybridized carbons (Fsp3) is 0.316. The lowest BCUT2D eigenvalue weighted by molar-refractivity contribution is 0.240. The van der Waals surface area contributed by atoms with Crippen LogP contribution in [0.5, 0.6) is 0 Å². The Kier molecular flexibility index (Phi) is 5.30. The van der Waals surface area contributed by atoms with Crippen LogP contribution in [0.2, 0.25) is 0 Å². The minimum absolute atomic E-state index is 0.182. The molecule has 0 spiro atoms. The first-order valence-corrected chi connectivity index (χ1v) is 9.72. The molecule has 1 unspecified atom stereocenters. The van der Waals surface area contributed by atoms with Crippen molar-refractivity contribution in [2.75, 3.05) is 6.26 Å². The summed E-state index contributed by atoms with van der Waals surface area (Å²) < 4.78 is 11.3. The molecule has 0 saturated carbocycles. The smallest absolute Gasteiger partial charge is 0.315 e. The van der Waals surface area contributed by atoms with E-state index in [1.165, 1.54) is 24.0 Å². The molecule has 3 rings (SSSR count). The van der Waals surface area contributed by atoms with E-state index in [4.69, 9.17) is 0 Å². The molecule has 2 aromatic carbocycles. The number of rotatable bonds is 5. The van der Waals surface area contributed by atoms with Gasteiger partial charge in [0.05, 0.1) is 0 Å². The Morgan fingerprint density at radius 3 is 2.29 bits per heavy atom. The number of hydrogen-bond acceptors (Lipinski definition) is 2. The Balaban J connectivity index is 1.46. The van der Waals surface area contributed by atoms with Gasteiger partial charge in [-0.15, -0.1) is 0 Å². The van der Waals surface area contributed by atoms with Gasteiger partial charge < -0.3 is 10.6 Å². The molecule has 2 aromatic rings. The second kappa shape index (κ2) is 7.62. The molecule has 0 heterocycles. The lowest BCUT2D eigenvalue weighted by Crippen LogP contribution is -2.34. The van der Waals surface area contributed by atoms with Gasteiger partial charge in [-0.2, -0.15) is 0 Å². The molecular weight excluding hydrogens is 320 g/mol. The van der Waals surface area contributed by atoms with Crippen molar-refractivity contribution in [2.45, 2.75) is 37.2 Å². The SMILES string of the molecule is CS(=O)c1ccc(CNC(=O)NCc2ccc3c(c2)CCC3)cc1. The summed E-state index contributed by atoms with van der Waals surface area (Å²) >= 11 is 0. The molecule has 4 nitrogen and oxygen atoms in total. The van der Waals surface area contributed by atoms with Crippen molar-refractivity contribution in [3.63, 3.8) is 0 Å². The number of fused-ring (bicyclic) bond motifs is 1. The summed E-state index contributed by atoms with van der Waals surface area (Å²) in [6, 6.07) is 13.7. The van der Waals surface area contributed by atoms with E-state index >= 15 is 0 Å². The highest BCUT2D eigenvalue weighted by molar-refractivity contribution is 7.84. The largest absolute Gasteiger partial charge is 0.334 e. The van der Waals surface area contributed by atoms with Crippen LogP contribution in [0.1, 0.15) is 28.7 Å². The normalized spacial score (nSPS) is 14.0. The van der Waals surface area contributed by atoms with E-state index in [0.717, 1.165) is 22.4 Å². The molecule has 1 aliphatic carbocycles. The molecule has 126 valence electrons. The van der Waals surface area contributed by atoms with Gasteiger partial charge >= 0.3 is 6.03 Å². The summed E-state index contributed by atoms with van der Waals surface area (Å²) in [5, 5.41) is 5.74. The standard InChI is InChI=1S/C19H22N2O2S/c1-24(23)18-9-6-14(7-10-18)12-20-19(22)21-13-15-5-8-16-3-2-4-17(16)11-15/h5-11H,2-4,12-13H2,1H3,(H2,20,21,22). The highest BCUT2D eigenvalue weighted by atomic mass is 32.2. The van der Waals surface area contributed by atoms with E-state index in [2.05, 4.69) is 28.8 Å². The van der Waals surface area contributed by atoms with Crippen molar-refractivity contribution in [3.8, 4) is 0 Å². The minimum atomic E-state index is -0.974. The molecule has 0 bridgehead atoms. The quantitative estimate of drug-likeness (QED) is 0.878. The van der Waals surface area contributed by atoms with Gasteiger partial charge in [0.1, 0.15) is 0 Å². The molecule has 5 heteroatoms. The summed E-state index contributed by atoms with van der Waals surface area (Å²) in [5.41, 5.74) is 4.99. The number of urea groups is 1. The Labute approximate surface area is 145 Å². The zero-order chi connectivity index (χ0) is 16.9. The van der Waals surface area contributed by atoms with Gasteiger partial charge in [-0.05, 0) is 53.6 Å². The minimum Gasteiger partial charge on any atom is -0.334 e. The molecule has 1 atom stereocenters. The van der Waals surface area contributed by atoms with Crippen LogP contribution in [0.4, 0.5) is 4.79 Å². The van der Waals surface area contributed by atoms with Crippen molar-refractivity contribution in [1.29, 1.82) is 0 Å². The third kappa shape index (κ3) is 4.23. The van der Waals surface area contributed by atoms with Crippen LogP contribution < -0.4 is 10.6 Å². The Morgan fingerprint density at radius 2 is 1.58 bits per heavy atom. The lowest BCUT2D eigenvalue weighted by Gasteiger charge is -2.09. The fourth-order valence-corrected chi connectivity index (χ4v) is 3.48. The average molecular weight is 342 g/mol. The maximum absolute atomic E-state index is 11.9. The zero-order valence-corrected chi connectivity index (χ0v) is 14.6. The number of carbonyl (C=O) groups is 1. The molecule has 0 aliphatic heterocycles. The van der Waals surface area contributed by atoms with Crippen molar-refractivity contribution in [2.24, 2.45) is 0 Å². The van der Waals surface area contributed by atoms with Crippen LogP contribution in [-0.4, -0.2) is 16.5 Å². The van der Waals surface area contributed by atoms with Crippen LogP contribution in [0.15, 0.2) is 47.4 Å². The van der Waals surface area contributed by atoms with E-state index in [1.54, 1.807) is 6.26 Å². The molecule has 24 heavy (non-hydrogen) atoms. The predicted octanol–water partition coefficient (Wildman–Crippen LogP) is 2.91. The van der Waals surface area contributed by atoms with Gasteiger partial charge in [0.2, 0.25) is 0 Å². The molecule has 2 N–H and O–H groups in total. The van der Waals surface area contributed by atoms with Gasteiger partial charge in [-0.25, -0.2) is 4.79 Å². The highest BCUT2D eigenvalue weighted by Gasteiger charge is 2.11. The van der Waals surface area contributed by atoms with E-state index in [9.17, 15) is 9.00 Å². The Hall–Kier alpha value is -2.14. The van der Waals surface area contributed by atoms with Crippen molar-refractivity contribution in [3.05, 3.63) is 64.7 Å². The summed E-state index contributed by atoms with van der Waals surface area (Å²) in [7, 11) is -0.974. The molecular formula is C19H22N2O2S. The van der Waals surface area contributed by atoms with Crippen molar-refractivity contribution < 1.29 is 9.00 Å². The molecule has 0 aromatic heterocycles. The van der Waals surface area contributed by atoms with Crippen LogP contribution in [0.25, 0.3) is 0 Å². The zero-order valence-electron chi connectivity index (χ0n) is 13.8. The van der Waals surface area contributed by atoms with Crippen molar-refractivity contribution in [1.82, 2.24) is 10.6 Å². The predicted molar refractivity (Wildman–Crippen MR) is 96.3 cm³/mol. The lowest BCUT2D eigenvalue weighted by atomic mass is 10.1. The van der Waals surface area contributed by atoms with Crippen LogP contribution >= 0.6 is 0 Å². The number of nitrogens with one attached hydrogen (secondary N) is 2. The maximum atomic E-state index is 11.9. The van der Waals surface area contributed by atoms with E-state index in [-0.39, 0.29) is 6.03 Å². The van der Waals surface area contributed by atoms with E-state index < -0.39 is 10.8 Å². The molecule has 0 radical (unpaired) electrons. The fourth-order valence-electron chi connectivity index (χ4n) is 2.96. The number of aryl methyl sites for hydroxylation is 2. The first-order valence-electron chi connectivity index (χ1n) is 8.16. The number of benzene rings is 2. The average Bonchev–Trinajstić information content (AvgIpc) is 3.06. The summed E-state index contributed by atoms with van der Waals surface area (Å²) in [5.74, 6) is 0. The monoisotopic (exact) mass is 342 g/mol. The van der Waals surface area contributed by atoms with Gasteiger partial charge in [0.15, 0.2) is 0 Å².